The molecule has 0 bridgehead atoms. The lowest BCUT2D eigenvalue weighted by molar-refractivity contribution is -0.137. The van der Waals surface area contributed by atoms with E-state index in [-0.39, 0.29) is 18.1 Å². The Bertz CT molecular complexity index is 605. The van der Waals surface area contributed by atoms with Gasteiger partial charge in [0.05, 0.1) is 20.8 Å². The summed E-state index contributed by atoms with van der Waals surface area (Å²) in [6, 6.07) is 4.29. The molecule has 1 aromatic carbocycles. The van der Waals surface area contributed by atoms with Gasteiger partial charge in [0.25, 0.3) is 0 Å². The van der Waals surface area contributed by atoms with E-state index in [2.05, 4.69) is 9.47 Å². The van der Waals surface area contributed by atoms with Crippen molar-refractivity contribution in [2.75, 3.05) is 20.8 Å². The maximum atomic E-state index is 11.3. The predicted octanol–water partition coefficient (Wildman–Crippen LogP) is 2.55. The van der Waals surface area contributed by atoms with Crippen LogP contribution >= 0.6 is 0 Å². The summed E-state index contributed by atoms with van der Waals surface area (Å²) in [6.45, 7) is 1.94. The van der Waals surface area contributed by atoms with Crippen LogP contribution in [-0.2, 0) is 19.0 Å². The molecule has 124 valence electrons. The minimum absolute atomic E-state index is 0.0458. The molecule has 0 spiro atoms. The van der Waals surface area contributed by atoms with Gasteiger partial charge >= 0.3 is 18.3 Å². The Kier molecular flexibility index (Phi) is 7.12. The zero-order chi connectivity index (χ0) is 17.2. The van der Waals surface area contributed by atoms with E-state index in [0.29, 0.717) is 5.56 Å². The number of rotatable bonds is 5. The van der Waals surface area contributed by atoms with Gasteiger partial charge in [-0.3, -0.25) is 0 Å². The van der Waals surface area contributed by atoms with Gasteiger partial charge in [-0.15, -0.1) is 0 Å². The highest BCUT2D eigenvalue weighted by Gasteiger charge is 2.14. The molecule has 0 N–H and O–H groups in total. The number of methoxy groups -OCH3 is 2. The number of carbonyl (C=O) groups excluding carboxylic acids is 3. The zero-order valence-corrected chi connectivity index (χ0v) is 12.9. The molecule has 8 heteroatoms. The third-order valence-electron chi connectivity index (χ3n) is 2.39. The summed E-state index contributed by atoms with van der Waals surface area (Å²) in [7, 11) is 2.27. The van der Waals surface area contributed by atoms with Crippen molar-refractivity contribution in [1.29, 1.82) is 0 Å². The molecular formula is C15H16O8. The molecule has 1 rings (SSSR count). The Morgan fingerprint density at radius 3 is 2.17 bits per heavy atom. The van der Waals surface area contributed by atoms with Gasteiger partial charge in [0, 0.05) is 6.08 Å². The van der Waals surface area contributed by atoms with Gasteiger partial charge in [-0.1, -0.05) is 6.07 Å². The number of ether oxygens (including phenoxy) is 5. The Morgan fingerprint density at radius 1 is 1.00 bits per heavy atom. The van der Waals surface area contributed by atoms with Crippen LogP contribution in [0.4, 0.5) is 9.59 Å². The molecule has 0 aliphatic carbocycles. The quantitative estimate of drug-likeness (QED) is 0.353. The van der Waals surface area contributed by atoms with Crippen LogP contribution in [0, 0.1) is 0 Å². The molecule has 23 heavy (non-hydrogen) atoms. The minimum atomic E-state index is -0.994. The van der Waals surface area contributed by atoms with E-state index in [1.807, 2.05) is 0 Å². The van der Waals surface area contributed by atoms with E-state index in [1.54, 1.807) is 6.92 Å². The van der Waals surface area contributed by atoms with Crippen LogP contribution in [0.25, 0.3) is 6.08 Å². The molecule has 0 amide bonds. The monoisotopic (exact) mass is 324 g/mol. The average Bonchev–Trinajstić information content (AvgIpc) is 2.54. The standard InChI is InChI=1S/C15H16O8/c1-4-21-13(16)8-6-10-5-7-11(22-14(17)19-2)12(9-10)23-15(18)20-3/h5-9H,4H2,1-3H3/b8-6+. The highest BCUT2D eigenvalue weighted by atomic mass is 16.7. The summed E-state index contributed by atoms with van der Waals surface area (Å²) < 4.78 is 23.2. The predicted molar refractivity (Wildman–Crippen MR) is 78.2 cm³/mol. The molecule has 0 atom stereocenters. The molecular weight excluding hydrogens is 308 g/mol. The highest BCUT2D eigenvalue weighted by molar-refractivity contribution is 5.87. The number of hydrogen-bond acceptors (Lipinski definition) is 8. The lowest BCUT2D eigenvalue weighted by Crippen LogP contribution is -2.12. The molecule has 0 aliphatic heterocycles. The Morgan fingerprint density at radius 2 is 1.61 bits per heavy atom. The van der Waals surface area contributed by atoms with Gasteiger partial charge in [0.1, 0.15) is 0 Å². The Balaban J connectivity index is 3.03. The molecule has 0 heterocycles. The van der Waals surface area contributed by atoms with Crippen LogP contribution in [0.1, 0.15) is 12.5 Å². The number of carbonyl (C=O) groups is 3. The van der Waals surface area contributed by atoms with Crippen LogP contribution < -0.4 is 9.47 Å². The van der Waals surface area contributed by atoms with Crippen molar-refractivity contribution in [1.82, 2.24) is 0 Å². The van der Waals surface area contributed by atoms with Crippen molar-refractivity contribution in [2.24, 2.45) is 0 Å². The summed E-state index contributed by atoms with van der Waals surface area (Å²) in [4.78, 5) is 33.7. The van der Waals surface area contributed by atoms with Crippen molar-refractivity contribution in [3.63, 3.8) is 0 Å². The second kappa shape index (κ2) is 9.08. The number of benzene rings is 1. The first-order chi connectivity index (χ1) is 11.0. The first-order valence-corrected chi connectivity index (χ1v) is 6.50. The molecule has 0 saturated carbocycles. The van der Waals surface area contributed by atoms with E-state index in [0.717, 1.165) is 14.2 Å². The van der Waals surface area contributed by atoms with Crippen LogP contribution in [0.2, 0.25) is 0 Å². The van der Waals surface area contributed by atoms with Gasteiger partial charge in [0.15, 0.2) is 11.5 Å². The molecule has 0 aliphatic rings. The minimum Gasteiger partial charge on any atom is -0.463 e. The van der Waals surface area contributed by atoms with Gasteiger partial charge in [0.2, 0.25) is 0 Å². The Labute approximate surface area is 132 Å². The third-order valence-corrected chi connectivity index (χ3v) is 2.39. The normalized spacial score (nSPS) is 10.0. The topological polar surface area (TPSA) is 97.4 Å². The van der Waals surface area contributed by atoms with E-state index >= 15 is 0 Å². The van der Waals surface area contributed by atoms with Crippen molar-refractivity contribution in [3.05, 3.63) is 29.8 Å². The van der Waals surface area contributed by atoms with Crippen molar-refractivity contribution in [2.45, 2.75) is 6.92 Å². The van der Waals surface area contributed by atoms with E-state index in [9.17, 15) is 14.4 Å². The molecule has 8 nitrogen and oxygen atoms in total. The second-order valence-electron chi connectivity index (χ2n) is 3.90. The molecule has 0 fully saturated rings. The number of esters is 1. The summed E-state index contributed by atoms with van der Waals surface area (Å²) in [5, 5.41) is 0. The van der Waals surface area contributed by atoms with Gasteiger partial charge < -0.3 is 23.7 Å². The Hall–Kier alpha value is -3.03. The fourth-order valence-electron chi connectivity index (χ4n) is 1.41. The molecule has 0 radical (unpaired) electrons. The maximum Gasteiger partial charge on any atom is 0.513 e. The number of hydrogen-bond donors (Lipinski definition) is 0. The second-order valence-corrected chi connectivity index (χ2v) is 3.90. The summed E-state index contributed by atoms with van der Waals surface area (Å²) in [6.07, 6.45) is 0.687. The lowest BCUT2D eigenvalue weighted by atomic mass is 10.2. The van der Waals surface area contributed by atoms with Crippen LogP contribution in [0.3, 0.4) is 0 Å². The zero-order valence-electron chi connectivity index (χ0n) is 12.9. The molecule has 0 unspecified atom stereocenters. The largest absolute Gasteiger partial charge is 0.513 e. The van der Waals surface area contributed by atoms with Crippen LogP contribution in [0.15, 0.2) is 24.3 Å². The molecule has 0 aromatic heterocycles. The van der Waals surface area contributed by atoms with Crippen molar-refractivity contribution >= 4 is 24.4 Å². The average molecular weight is 324 g/mol. The lowest BCUT2D eigenvalue weighted by Gasteiger charge is -2.09. The van der Waals surface area contributed by atoms with Crippen molar-refractivity contribution in [3.8, 4) is 11.5 Å². The first kappa shape index (κ1) is 18.0. The molecule has 1 aromatic rings. The summed E-state index contributed by atoms with van der Waals surface area (Å²) >= 11 is 0. The molecule has 0 saturated heterocycles. The first-order valence-electron chi connectivity index (χ1n) is 6.50. The van der Waals surface area contributed by atoms with Crippen LogP contribution in [0.5, 0.6) is 11.5 Å². The fraction of sp³-hybridized carbons (Fsp3) is 0.267. The summed E-state index contributed by atoms with van der Waals surface area (Å²) in [5.41, 5.74) is 0.508. The SMILES string of the molecule is CCOC(=O)/C=C/c1ccc(OC(=O)OC)c(OC(=O)OC)c1. The highest BCUT2D eigenvalue weighted by Crippen LogP contribution is 2.29. The van der Waals surface area contributed by atoms with Gasteiger partial charge in [-0.2, -0.15) is 0 Å². The van der Waals surface area contributed by atoms with Gasteiger partial charge in [-0.05, 0) is 30.7 Å². The van der Waals surface area contributed by atoms with E-state index in [1.165, 1.54) is 30.4 Å². The van der Waals surface area contributed by atoms with Gasteiger partial charge in [-0.25, -0.2) is 14.4 Å². The van der Waals surface area contributed by atoms with E-state index < -0.39 is 18.3 Å². The fourth-order valence-corrected chi connectivity index (χ4v) is 1.41. The third kappa shape index (κ3) is 6.08. The maximum absolute atomic E-state index is 11.3. The van der Waals surface area contributed by atoms with Crippen LogP contribution in [-0.4, -0.2) is 39.1 Å². The summed E-state index contributed by atoms with van der Waals surface area (Å²) in [5.74, 6) is -0.637. The smallest absolute Gasteiger partial charge is 0.463 e. The van der Waals surface area contributed by atoms with Crippen molar-refractivity contribution < 1.29 is 38.1 Å². The van der Waals surface area contributed by atoms with E-state index in [4.69, 9.17) is 14.2 Å².